The van der Waals surface area contributed by atoms with Gasteiger partial charge in [0.05, 0.1) is 13.2 Å². The van der Waals surface area contributed by atoms with Gasteiger partial charge >= 0.3 is 0 Å². The number of carbonyl (C=O) groups excluding carboxylic acids is 1. The second kappa shape index (κ2) is 31.4. The Labute approximate surface area is 405 Å². The molecule has 0 radical (unpaired) electrons. The van der Waals surface area contributed by atoms with Crippen LogP contribution in [0.1, 0.15) is 235 Å². The van der Waals surface area contributed by atoms with Crippen LogP contribution >= 0.6 is 0 Å². The summed E-state index contributed by atoms with van der Waals surface area (Å²) >= 11 is 0. The molecule has 1 unspecified atom stereocenters. The minimum Gasteiger partial charge on any atom is -0.490 e. The van der Waals surface area contributed by atoms with Gasteiger partial charge in [-0.05, 0) is 81.7 Å². The van der Waals surface area contributed by atoms with Crippen molar-refractivity contribution < 1.29 is 14.3 Å². The molecule has 1 heterocycles. The molecule has 0 fully saturated rings. The van der Waals surface area contributed by atoms with Gasteiger partial charge in [-0.1, -0.05) is 267 Å². The molecule has 0 N–H and O–H groups in total. The van der Waals surface area contributed by atoms with Crippen LogP contribution in [0, 0.1) is 6.92 Å². The lowest BCUT2D eigenvalue weighted by molar-refractivity contribution is 0.112. The fourth-order valence-electron chi connectivity index (χ4n) is 10.7. The predicted molar refractivity (Wildman–Crippen MR) is 289 cm³/mol. The van der Waals surface area contributed by atoms with E-state index < -0.39 is 8.07 Å². The largest absolute Gasteiger partial charge is 0.490 e. The van der Waals surface area contributed by atoms with Crippen molar-refractivity contribution in [2.45, 2.75) is 227 Å². The molecule has 1 aliphatic heterocycles. The molecule has 0 saturated heterocycles. The standard InChI is InChI=1S/C62H92O3Si/c1-5-8-11-14-17-20-21-22-23-24-25-26-29-32-37-53-40-43-55(44-41-53)66(60-39-34-33-38-57(60)58-45-42-54(51-63)49-61(58)66)56-48-52(4)62(65-47-36-31-28-19-16-13-10-7-3)59(50-56)64-46-35-30-27-18-15-12-9-6-2/h33-34,38-45,48-51H,5-32,35-37,46-47H2,1-4H3. The molecule has 4 aromatic carbocycles. The molecule has 1 atom stereocenters. The van der Waals surface area contributed by atoms with E-state index in [4.69, 9.17) is 9.47 Å². The Morgan fingerprint density at radius 1 is 0.439 bits per heavy atom. The van der Waals surface area contributed by atoms with E-state index in [1.165, 1.54) is 217 Å². The smallest absolute Gasteiger partial charge is 0.181 e. The molecule has 362 valence electrons. The Balaban J connectivity index is 1.34. The van der Waals surface area contributed by atoms with Crippen LogP contribution in [0.2, 0.25) is 0 Å². The maximum absolute atomic E-state index is 12.5. The van der Waals surface area contributed by atoms with Crippen LogP contribution in [-0.4, -0.2) is 27.6 Å². The lowest BCUT2D eigenvalue weighted by atomic mass is 10.0. The van der Waals surface area contributed by atoms with Gasteiger partial charge in [0.1, 0.15) is 6.29 Å². The topological polar surface area (TPSA) is 35.5 Å². The molecule has 0 aliphatic carbocycles. The van der Waals surface area contributed by atoms with Gasteiger partial charge in [-0.3, -0.25) is 4.79 Å². The fourth-order valence-corrected chi connectivity index (χ4v) is 16.0. The van der Waals surface area contributed by atoms with Crippen LogP contribution in [0.15, 0.2) is 78.9 Å². The highest BCUT2D eigenvalue weighted by atomic mass is 28.3. The van der Waals surface area contributed by atoms with Gasteiger partial charge in [-0.2, -0.15) is 0 Å². The number of ether oxygens (including phenoxy) is 2. The van der Waals surface area contributed by atoms with Crippen molar-refractivity contribution in [3.05, 3.63) is 95.6 Å². The quantitative estimate of drug-likeness (QED) is 0.0225. The van der Waals surface area contributed by atoms with E-state index in [1.54, 1.807) is 0 Å². The summed E-state index contributed by atoms with van der Waals surface area (Å²) in [6, 6.07) is 29.9. The van der Waals surface area contributed by atoms with Crippen molar-refractivity contribution in [1.29, 1.82) is 0 Å². The molecule has 0 amide bonds. The fraction of sp³-hybridized carbons (Fsp3) is 0.597. The number of rotatable bonds is 38. The number of aryl methyl sites for hydroxylation is 2. The molecule has 0 bridgehead atoms. The first-order valence-electron chi connectivity index (χ1n) is 27.8. The monoisotopic (exact) mass is 913 g/mol. The third kappa shape index (κ3) is 16.3. The average molecular weight is 914 g/mol. The van der Waals surface area contributed by atoms with Crippen molar-refractivity contribution in [1.82, 2.24) is 0 Å². The zero-order chi connectivity index (χ0) is 46.5. The Bertz CT molecular complexity index is 1930. The number of unbranched alkanes of at least 4 members (excludes halogenated alkanes) is 27. The molecule has 4 heteroatoms. The van der Waals surface area contributed by atoms with Crippen LogP contribution in [0.25, 0.3) is 11.1 Å². The van der Waals surface area contributed by atoms with Gasteiger partial charge in [0, 0.05) is 5.56 Å². The summed E-state index contributed by atoms with van der Waals surface area (Å²) in [5, 5.41) is 5.36. The zero-order valence-electron chi connectivity index (χ0n) is 42.6. The predicted octanol–water partition coefficient (Wildman–Crippen LogP) is 16.2. The minimum atomic E-state index is -2.89. The minimum absolute atomic E-state index is 0.691. The van der Waals surface area contributed by atoms with Crippen molar-refractivity contribution >= 4 is 35.1 Å². The maximum Gasteiger partial charge on any atom is 0.181 e. The van der Waals surface area contributed by atoms with Gasteiger partial charge < -0.3 is 9.47 Å². The summed E-state index contributed by atoms with van der Waals surface area (Å²) < 4.78 is 13.6. The summed E-state index contributed by atoms with van der Waals surface area (Å²) in [6.07, 6.45) is 41.9. The molecule has 5 rings (SSSR count). The van der Waals surface area contributed by atoms with Crippen molar-refractivity contribution in [3.8, 4) is 22.6 Å². The van der Waals surface area contributed by atoms with Gasteiger partial charge in [0.2, 0.25) is 0 Å². The van der Waals surface area contributed by atoms with Gasteiger partial charge in [0.25, 0.3) is 0 Å². The van der Waals surface area contributed by atoms with E-state index in [-0.39, 0.29) is 0 Å². The molecule has 3 nitrogen and oxygen atoms in total. The Morgan fingerprint density at radius 2 is 0.909 bits per heavy atom. The second-order valence-corrected chi connectivity index (χ2v) is 23.8. The van der Waals surface area contributed by atoms with Crippen LogP contribution < -0.4 is 30.2 Å². The third-order valence-electron chi connectivity index (χ3n) is 14.6. The van der Waals surface area contributed by atoms with Crippen LogP contribution in [0.3, 0.4) is 0 Å². The molecular formula is C62H92O3Si. The van der Waals surface area contributed by atoms with E-state index in [0.717, 1.165) is 48.2 Å². The first-order chi connectivity index (χ1) is 32.6. The molecule has 1 aliphatic rings. The molecule has 0 saturated carbocycles. The van der Waals surface area contributed by atoms with Crippen LogP contribution in [0.4, 0.5) is 0 Å². The number of hydrogen-bond donors (Lipinski definition) is 0. The number of aldehydes is 1. The van der Waals surface area contributed by atoms with Gasteiger partial charge in [0.15, 0.2) is 19.6 Å². The number of carbonyl (C=O) groups is 1. The van der Waals surface area contributed by atoms with E-state index >= 15 is 0 Å². The molecule has 4 aromatic rings. The van der Waals surface area contributed by atoms with E-state index in [0.29, 0.717) is 13.2 Å². The van der Waals surface area contributed by atoms with Crippen molar-refractivity contribution in [3.63, 3.8) is 0 Å². The summed E-state index contributed by atoms with van der Waals surface area (Å²) in [6.45, 7) is 10.5. The lowest BCUT2D eigenvalue weighted by Crippen LogP contribution is -2.73. The number of fused-ring (bicyclic) bond motifs is 3. The SMILES string of the molecule is CCCCCCCCCCCCCCCCc1ccc([Si]2(c3cc(C)c(OCCCCCCCCCC)c(OCCCCCCCCCC)c3)c3ccccc3-c3ccc(C=O)cc32)cc1. The normalized spacial score (nSPS) is 14.1. The van der Waals surface area contributed by atoms with E-state index in [2.05, 4.69) is 100 Å². The first-order valence-corrected chi connectivity index (χ1v) is 29.8. The lowest BCUT2D eigenvalue weighted by Gasteiger charge is -2.32. The summed E-state index contributed by atoms with van der Waals surface area (Å²) in [5.41, 5.74) is 5.84. The van der Waals surface area contributed by atoms with Gasteiger partial charge in [-0.25, -0.2) is 0 Å². The second-order valence-electron chi connectivity index (χ2n) is 20.0. The third-order valence-corrected chi connectivity index (χ3v) is 19.4. The Kier molecular flexibility index (Phi) is 25.4. The number of hydrogen-bond acceptors (Lipinski definition) is 3. The highest BCUT2D eigenvalue weighted by molar-refractivity contribution is 7.22. The highest BCUT2D eigenvalue weighted by Crippen LogP contribution is 2.35. The van der Waals surface area contributed by atoms with E-state index in [1.807, 2.05) is 6.07 Å². The first kappa shape index (κ1) is 53.3. The summed E-state index contributed by atoms with van der Waals surface area (Å²) in [5.74, 6) is 1.79. The highest BCUT2D eigenvalue weighted by Gasteiger charge is 2.49. The maximum atomic E-state index is 12.5. The molecule has 0 aromatic heterocycles. The van der Waals surface area contributed by atoms with Crippen molar-refractivity contribution in [2.24, 2.45) is 0 Å². The Morgan fingerprint density at radius 3 is 1.44 bits per heavy atom. The number of benzene rings is 4. The van der Waals surface area contributed by atoms with Crippen LogP contribution in [-0.2, 0) is 6.42 Å². The van der Waals surface area contributed by atoms with E-state index in [9.17, 15) is 4.79 Å². The summed E-state index contributed by atoms with van der Waals surface area (Å²) in [7, 11) is -2.89. The molecular weight excluding hydrogens is 821 g/mol. The summed E-state index contributed by atoms with van der Waals surface area (Å²) in [4.78, 5) is 12.5. The van der Waals surface area contributed by atoms with Crippen LogP contribution in [0.5, 0.6) is 11.5 Å². The Hall–Kier alpha value is -3.63. The average Bonchev–Trinajstić information content (AvgIpc) is 3.64. The molecule has 0 spiro atoms. The van der Waals surface area contributed by atoms with Gasteiger partial charge in [-0.15, -0.1) is 0 Å². The van der Waals surface area contributed by atoms with Crippen molar-refractivity contribution in [2.75, 3.05) is 13.2 Å². The molecule has 66 heavy (non-hydrogen) atoms. The zero-order valence-corrected chi connectivity index (χ0v) is 43.6.